The lowest BCUT2D eigenvalue weighted by Gasteiger charge is -2.08. The summed E-state index contributed by atoms with van der Waals surface area (Å²) in [5.74, 6) is -0.409. The van der Waals surface area contributed by atoms with Crippen LogP contribution in [0.15, 0.2) is 17.0 Å². The standard InChI is InChI=1S/C8H10O6S/c1-14-7-2-5(4-9)8(3-6(7)10)15(11,12)13/h2-3,9-10H,4H2,1H3,(H,11,12,13). The number of aromatic hydroxyl groups is 1. The number of hydrogen-bond acceptors (Lipinski definition) is 5. The normalized spacial score (nSPS) is 11.4. The van der Waals surface area contributed by atoms with Crippen molar-refractivity contribution < 1.29 is 27.9 Å². The predicted molar refractivity (Wildman–Crippen MR) is 50.4 cm³/mol. The summed E-state index contributed by atoms with van der Waals surface area (Å²) in [5.41, 5.74) is -0.0489. The quantitative estimate of drug-likeness (QED) is 0.642. The number of ether oxygens (including phenoxy) is 1. The molecule has 1 aromatic rings. The van der Waals surface area contributed by atoms with E-state index in [1.807, 2.05) is 0 Å². The third kappa shape index (κ3) is 2.38. The van der Waals surface area contributed by atoms with Crippen molar-refractivity contribution in [2.24, 2.45) is 0 Å². The number of rotatable bonds is 3. The molecule has 15 heavy (non-hydrogen) atoms. The van der Waals surface area contributed by atoms with Gasteiger partial charge in [-0.25, -0.2) is 0 Å². The third-order valence-corrected chi connectivity index (χ3v) is 2.75. The van der Waals surface area contributed by atoms with Gasteiger partial charge in [0.05, 0.1) is 13.7 Å². The highest BCUT2D eigenvalue weighted by Gasteiger charge is 2.18. The number of benzene rings is 1. The molecule has 3 N–H and O–H groups in total. The van der Waals surface area contributed by atoms with E-state index in [1.54, 1.807) is 0 Å². The van der Waals surface area contributed by atoms with E-state index >= 15 is 0 Å². The molecular formula is C8H10O6S. The van der Waals surface area contributed by atoms with E-state index in [4.69, 9.17) is 14.4 Å². The van der Waals surface area contributed by atoms with Crippen LogP contribution in [0.5, 0.6) is 11.5 Å². The van der Waals surface area contributed by atoms with E-state index in [2.05, 4.69) is 0 Å². The molecule has 6 nitrogen and oxygen atoms in total. The fourth-order valence-electron chi connectivity index (χ4n) is 1.12. The Kier molecular flexibility index (Phi) is 3.18. The number of phenolic OH excluding ortho intramolecular Hbond substituents is 1. The molecule has 0 spiro atoms. The van der Waals surface area contributed by atoms with E-state index in [1.165, 1.54) is 7.11 Å². The van der Waals surface area contributed by atoms with Crippen molar-refractivity contribution in [1.29, 1.82) is 0 Å². The number of phenols is 1. The van der Waals surface area contributed by atoms with E-state index in [-0.39, 0.29) is 11.3 Å². The van der Waals surface area contributed by atoms with Crippen molar-refractivity contribution >= 4 is 10.1 Å². The van der Waals surface area contributed by atoms with Crippen LogP contribution in [0.3, 0.4) is 0 Å². The van der Waals surface area contributed by atoms with E-state index in [0.29, 0.717) is 0 Å². The Hall–Kier alpha value is -1.31. The van der Waals surface area contributed by atoms with Crippen LogP contribution in [0, 0.1) is 0 Å². The summed E-state index contributed by atoms with van der Waals surface area (Å²) in [6, 6.07) is 1.96. The van der Waals surface area contributed by atoms with Gasteiger partial charge in [0.15, 0.2) is 11.5 Å². The van der Waals surface area contributed by atoms with Crippen molar-refractivity contribution in [3.05, 3.63) is 17.7 Å². The molecule has 0 bridgehead atoms. The second-order valence-electron chi connectivity index (χ2n) is 2.76. The van der Waals surface area contributed by atoms with Gasteiger partial charge in [-0.2, -0.15) is 8.42 Å². The number of hydrogen-bond donors (Lipinski definition) is 3. The highest BCUT2D eigenvalue weighted by Crippen LogP contribution is 2.31. The summed E-state index contributed by atoms with van der Waals surface area (Å²) in [6.45, 7) is -0.592. The van der Waals surface area contributed by atoms with Crippen LogP contribution < -0.4 is 4.74 Å². The van der Waals surface area contributed by atoms with E-state index < -0.39 is 27.4 Å². The second-order valence-corrected chi connectivity index (χ2v) is 4.15. The van der Waals surface area contributed by atoms with Gasteiger partial charge in [0, 0.05) is 11.6 Å². The Morgan fingerprint density at radius 1 is 1.40 bits per heavy atom. The van der Waals surface area contributed by atoms with Gasteiger partial charge in [0.2, 0.25) is 0 Å². The van der Waals surface area contributed by atoms with Gasteiger partial charge in [-0.15, -0.1) is 0 Å². The van der Waals surface area contributed by atoms with Gasteiger partial charge >= 0.3 is 0 Å². The summed E-state index contributed by atoms with van der Waals surface area (Å²) in [7, 11) is -3.19. The molecule has 0 fully saturated rings. The number of aliphatic hydroxyl groups excluding tert-OH is 1. The van der Waals surface area contributed by atoms with Crippen molar-refractivity contribution in [2.75, 3.05) is 7.11 Å². The summed E-state index contributed by atoms with van der Waals surface area (Å²) >= 11 is 0. The maximum atomic E-state index is 10.9. The topological polar surface area (TPSA) is 104 Å². The molecule has 0 atom stereocenters. The predicted octanol–water partition coefficient (Wildman–Crippen LogP) is 0.140. The largest absolute Gasteiger partial charge is 0.504 e. The van der Waals surface area contributed by atoms with Crippen molar-refractivity contribution in [3.8, 4) is 11.5 Å². The van der Waals surface area contributed by atoms with Crippen LogP contribution in [0.2, 0.25) is 0 Å². The van der Waals surface area contributed by atoms with Crippen LogP contribution in [0.1, 0.15) is 5.56 Å². The van der Waals surface area contributed by atoms with Crippen LogP contribution in [-0.4, -0.2) is 30.3 Å². The highest BCUT2D eigenvalue weighted by molar-refractivity contribution is 7.85. The van der Waals surface area contributed by atoms with Gasteiger partial charge in [-0.3, -0.25) is 4.55 Å². The van der Waals surface area contributed by atoms with E-state index in [0.717, 1.165) is 12.1 Å². The summed E-state index contributed by atoms with van der Waals surface area (Å²) < 4.78 is 35.2. The molecule has 0 aliphatic carbocycles. The van der Waals surface area contributed by atoms with Crippen LogP contribution >= 0.6 is 0 Å². The molecule has 1 rings (SSSR count). The number of methoxy groups -OCH3 is 1. The average molecular weight is 234 g/mol. The van der Waals surface area contributed by atoms with Crippen molar-refractivity contribution in [3.63, 3.8) is 0 Å². The van der Waals surface area contributed by atoms with Gasteiger partial charge in [-0.1, -0.05) is 0 Å². The fourth-order valence-corrected chi connectivity index (χ4v) is 1.83. The van der Waals surface area contributed by atoms with Gasteiger partial charge in [0.1, 0.15) is 4.90 Å². The lowest BCUT2D eigenvalue weighted by Crippen LogP contribution is -2.03. The Balaban J connectivity index is 3.48. The first kappa shape index (κ1) is 11.8. The molecule has 0 aliphatic heterocycles. The van der Waals surface area contributed by atoms with Crippen LogP contribution in [-0.2, 0) is 16.7 Å². The summed E-state index contributed by atoms with van der Waals surface area (Å²) in [4.78, 5) is -0.539. The minimum absolute atomic E-state index is 0.0199. The molecule has 0 saturated heterocycles. The first-order valence-corrected chi connectivity index (χ1v) is 5.32. The Labute approximate surface area is 86.5 Å². The molecule has 0 saturated carbocycles. The Morgan fingerprint density at radius 2 is 2.00 bits per heavy atom. The molecule has 0 radical (unpaired) electrons. The van der Waals surface area contributed by atoms with Crippen molar-refractivity contribution in [1.82, 2.24) is 0 Å². The molecular weight excluding hydrogens is 224 g/mol. The maximum Gasteiger partial charge on any atom is 0.295 e. The zero-order valence-corrected chi connectivity index (χ0v) is 8.65. The van der Waals surface area contributed by atoms with Gasteiger partial charge < -0.3 is 14.9 Å². The molecule has 1 aromatic carbocycles. The van der Waals surface area contributed by atoms with E-state index in [9.17, 15) is 13.5 Å². The Bertz CT molecular complexity index is 464. The molecule has 0 unspecified atom stereocenters. The maximum absolute atomic E-state index is 10.9. The second kappa shape index (κ2) is 4.05. The first-order chi connectivity index (χ1) is 6.90. The Morgan fingerprint density at radius 3 is 2.40 bits per heavy atom. The molecule has 0 amide bonds. The lowest BCUT2D eigenvalue weighted by atomic mass is 10.2. The summed E-state index contributed by atoms with van der Waals surface area (Å²) in [6.07, 6.45) is 0. The van der Waals surface area contributed by atoms with Crippen LogP contribution in [0.4, 0.5) is 0 Å². The molecule has 0 aromatic heterocycles. The third-order valence-electron chi connectivity index (χ3n) is 1.81. The zero-order chi connectivity index (χ0) is 11.6. The fraction of sp³-hybridized carbons (Fsp3) is 0.250. The van der Waals surface area contributed by atoms with Crippen molar-refractivity contribution in [2.45, 2.75) is 11.5 Å². The minimum atomic E-state index is -4.47. The van der Waals surface area contributed by atoms with Gasteiger partial charge in [-0.05, 0) is 6.07 Å². The smallest absolute Gasteiger partial charge is 0.295 e. The molecule has 0 heterocycles. The zero-order valence-electron chi connectivity index (χ0n) is 7.84. The lowest BCUT2D eigenvalue weighted by molar-refractivity contribution is 0.276. The summed E-state index contributed by atoms with van der Waals surface area (Å²) in [5, 5.41) is 18.2. The monoisotopic (exact) mass is 234 g/mol. The molecule has 0 aliphatic rings. The minimum Gasteiger partial charge on any atom is -0.504 e. The van der Waals surface area contributed by atoms with Gasteiger partial charge in [0.25, 0.3) is 10.1 Å². The first-order valence-electron chi connectivity index (χ1n) is 3.88. The SMILES string of the molecule is COc1cc(CO)c(S(=O)(=O)O)cc1O. The number of aliphatic hydroxyl groups is 1. The molecule has 84 valence electrons. The molecule has 7 heteroatoms. The average Bonchev–Trinajstić information content (AvgIpc) is 2.16. The highest BCUT2D eigenvalue weighted by atomic mass is 32.2. The van der Waals surface area contributed by atoms with Crippen LogP contribution in [0.25, 0.3) is 0 Å².